The fourth-order valence-electron chi connectivity index (χ4n) is 0.204. The lowest BCUT2D eigenvalue weighted by Gasteiger charge is -1.79. The molecule has 0 aromatic heterocycles. The molecule has 0 heterocycles. The molecule has 0 amide bonds. The van der Waals surface area contributed by atoms with Crippen LogP contribution in [0.15, 0.2) is 0 Å². The van der Waals surface area contributed by atoms with E-state index in [1.54, 1.807) is 0 Å². The smallest absolute Gasteiger partial charge is 0.118 e. The topological polar surface area (TPSA) is 0 Å². The summed E-state index contributed by atoms with van der Waals surface area (Å²) in [5, 5.41) is 1.26. The van der Waals surface area contributed by atoms with Gasteiger partial charge in [0.05, 0.1) is 0 Å². The average molecular weight is 124 g/mol. The standard InChI is InChI=1S/C4H9.Al.2FH/c1-3-4-2;;;/h1,3-4H2,2H3;;2*1H. The summed E-state index contributed by atoms with van der Waals surface area (Å²) >= 11 is 2.70. The number of rotatable bonds is 2. The third-order valence-corrected chi connectivity index (χ3v) is 0.966. The van der Waals surface area contributed by atoms with Crippen molar-refractivity contribution in [2.45, 2.75) is 25.0 Å². The maximum atomic E-state index is 2.70. The minimum atomic E-state index is 0. The van der Waals surface area contributed by atoms with Crippen LogP contribution in [-0.4, -0.2) is 16.3 Å². The first-order valence-corrected chi connectivity index (χ1v) is 2.93. The van der Waals surface area contributed by atoms with Crippen LogP contribution in [0.25, 0.3) is 0 Å². The van der Waals surface area contributed by atoms with Gasteiger partial charge in [0, 0.05) is 0 Å². The van der Waals surface area contributed by atoms with E-state index in [1.165, 1.54) is 18.1 Å². The minimum absolute atomic E-state index is 0. The first-order chi connectivity index (χ1) is 2.41. The predicted octanol–water partition coefficient (Wildman–Crippen LogP) is 1.68. The Balaban J connectivity index is -0.0000000800. The average Bonchev–Trinajstić information content (AvgIpc) is 1.41. The van der Waals surface area contributed by atoms with Gasteiger partial charge in [0.15, 0.2) is 0 Å². The summed E-state index contributed by atoms with van der Waals surface area (Å²) in [6.45, 7) is 2.20. The van der Waals surface area contributed by atoms with Gasteiger partial charge in [-0.15, -0.1) is 5.28 Å². The SMILES string of the molecule is CCC[CH2][Al].F.F. The van der Waals surface area contributed by atoms with Crippen LogP contribution in [0.2, 0.25) is 5.28 Å². The first-order valence-electron chi connectivity index (χ1n) is 2.12. The number of hydrogen-bond acceptors (Lipinski definition) is 0. The van der Waals surface area contributed by atoms with Gasteiger partial charge in [0.1, 0.15) is 16.3 Å². The molecule has 0 nitrogen and oxygen atoms in total. The van der Waals surface area contributed by atoms with E-state index in [-0.39, 0.29) is 9.41 Å². The summed E-state index contributed by atoms with van der Waals surface area (Å²) in [6.07, 6.45) is 2.67. The van der Waals surface area contributed by atoms with Crippen molar-refractivity contribution < 1.29 is 9.41 Å². The molecule has 0 aliphatic carbocycles. The second-order valence-electron chi connectivity index (χ2n) is 1.14. The van der Waals surface area contributed by atoms with Crippen LogP contribution in [0, 0.1) is 0 Å². The number of hydrogen-bond donors (Lipinski definition) is 0. The Morgan fingerprint density at radius 3 is 1.71 bits per heavy atom. The van der Waals surface area contributed by atoms with Crippen LogP contribution in [0.4, 0.5) is 9.41 Å². The highest BCUT2D eigenvalue weighted by Crippen LogP contribution is 1.86. The Labute approximate surface area is 51.5 Å². The normalized spacial score (nSPS) is 5.86. The number of unbranched alkanes of at least 4 members (excludes halogenated alkanes) is 1. The Bertz CT molecular complexity index is 17.2. The van der Waals surface area contributed by atoms with E-state index in [1.807, 2.05) is 0 Å². The summed E-state index contributed by atoms with van der Waals surface area (Å²) in [5.41, 5.74) is 0. The molecule has 0 spiro atoms. The largest absolute Gasteiger partial charge is 0.269 e. The zero-order valence-corrected chi connectivity index (χ0v) is 5.67. The molecule has 0 atom stereocenters. The molecule has 0 N–H and O–H groups in total. The molecule has 0 aromatic carbocycles. The van der Waals surface area contributed by atoms with Gasteiger partial charge < -0.3 is 0 Å². The zero-order valence-electron chi connectivity index (χ0n) is 4.52. The van der Waals surface area contributed by atoms with E-state index >= 15 is 0 Å². The summed E-state index contributed by atoms with van der Waals surface area (Å²) in [6, 6.07) is 0. The highest BCUT2D eigenvalue weighted by molar-refractivity contribution is 6.08. The zero-order chi connectivity index (χ0) is 4.12. The molecule has 0 aliphatic heterocycles. The van der Waals surface area contributed by atoms with Crippen molar-refractivity contribution in [2.75, 3.05) is 0 Å². The molecule has 7 heavy (non-hydrogen) atoms. The van der Waals surface area contributed by atoms with Gasteiger partial charge in [-0.2, -0.15) is 0 Å². The Morgan fingerprint density at radius 2 is 1.71 bits per heavy atom. The van der Waals surface area contributed by atoms with Gasteiger partial charge in [0.2, 0.25) is 0 Å². The lowest BCUT2D eigenvalue weighted by atomic mass is 10.4. The summed E-state index contributed by atoms with van der Waals surface area (Å²) in [4.78, 5) is 0. The molecule has 0 aliphatic rings. The molecule has 0 rings (SSSR count). The van der Waals surface area contributed by atoms with Crippen molar-refractivity contribution in [1.29, 1.82) is 0 Å². The summed E-state index contributed by atoms with van der Waals surface area (Å²) in [7, 11) is 0. The van der Waals surface area contributed by atoms with Crippen molar-refractivity contribution in [1.82, 2.24) is 0 Å². The predicted molar refractivity (Wildman–Crippen MR) is 30.5 cm³/mol. The Hall–Kier alpha value is 0.392. The second kappa shape index (κ2) is 16.2. The Kier molecular flexibility index (Phi) is 36.1. The van der Waals surface area contributed by atoms with Crippen LogP contribution < -0.4 is 0 Å². The highest BCUT2D eigenvalue weighted by Gasteiger charge is 1.67. The Morgan fingerprint density at radius 1 is 1.29 bits per heavy atom. The van der Waals surface area contributed by atoms with E-state index in [2.05, 4.69) is 23.2 Å². The summed E-state index contributed by atoms with van der Waals surface area (Å²) in [5.74, 6) is 0. The molecule has 0 saturated heterocycles. The van der Waals surface area contributed by atoms with E-state index in [4.69, 9.17) is 0 Å². The fraction of sp³-hybridized carbons (Fsp3) is 1.00. The van der Waals surface area contributed by atoms with Crippen LogP contribution in [0.5, 0.6) is 0 Å². The van der Waals surface area contributed by atoms with E-state index in [0.29, 0.717) is 0 Å². The first kappa shape index (κ1) is 15.7. The lowest BCUT2D eigenvalue weighted by molar-refractivity contribution is 0.884. The molecule has 2 radical (unpaired) electrons. The molecule has 0 aromatic rings. The summed E-state index contributed by atoms with van der Waals surface area (Å²) < 4.78 is 0. The molecular formula is C4H11AlF2. The van der Waals surface area contributed by atoms with Gasteiger partial charge in [-0.25, -0.2) is 0 Å². The maximum absolute atomic E-state index is 2.70. The van der Waals surface area contributed by atoms with Crippen LogP contribution in [-0.2, 0) is 0 Å². The van der Waals surface area contributed by atoms with Crippen molar-refractivity contribution >= 4 is 16.3 Å². The highest BCUT2D eigenvalue weighted by atomic mass is 27.0. The van der Waals surface area contributed by atoms with E-state index in [0.717, 1.165) is 0 Å². The van der Waals surface area contributed by atoms with Gasteiger partial charge >= 0.3 is 0 Å². The molecular weight excluding hydrogens is 113 g/mol. The second-order valence-corrected chi connectivity index (χ2v) is 1.72. The van der Waals surface area contributed by atoms with Gasteiger partial charge in [-0.3, -0.25) is 9.41 Å². The van der Waals surface area contributed by atoms with Crippen LogP contribution in [0.1, 0.15) is 19.8 Å². The van der Waals surface area contributed by atoms with E-state index in [9.17, 15) is 0 Å². The molecule has 0 bridgehead atoms. The van der Waals surface area contributed by atoms with E-state index < -0.39 is 0 Å². The van der Waals surface area contributed by atoms with Crippen LogP contribution in [0.3, 0.4) is 0 Å². The molecule has 0 saturated carbocycles. The van der Waals surface area contributed by atoms with Crippen molar-refractivity contribution in [3.63, 3.8) is 0 Å². The number of halogens is 2. The van der Waals surface area contributed by atoms with Crippen molar-refractivity contribution in [3.8, 4) is 0 Å². The lowest BCUT2D eigenvalue weighted by Crippen LogP contribution is -1.63. The third kappa shape index (κ3) is 21.5. The molecule has 3 heteroatoms. The molecule has 0 unspecified atom stereocenters. The van der Waals surface area contributed by atoms with Gasteiger partial charge in [-0.1, -0.05) is 19.8 Å². The van der Waals surface area contributed by atoms with Crippen molar-refractivity contribution in [2.24, 2.45) is 0 Å². The van der Waals surface area contributed by atoms with Gasteiger partial charge in [-0.05, 0) is 0 Å². The minimum Gasteiger partial charge on any atom is -0.269 e. The quantitative estimate of drug-likeness (QED) is 0.491. The van der Waals surface area contributed by atoms with Crippen molar-refractivity contribution in [3.05, 3.63) is 0 Å². The fourth-order valence-corrected chi connectivity index (χ4v) is 0.612. The van der Waals surface area contributed by atoms with Gasteiger partial charge in [0.25, 0.3) is 0 Å². The maximum Gasteiger partial charge on any atom is 0.118 e. The third-order valence-electron chi connectivity index (χ3n) is 0.558. The molecule has 44 valence electrons. The molecule has 0 fully saturated rings. The monoisotopic (exact) mass is 124 g/mol. The van der Waals surface area contributed by atoms with Crippen LogP contribution >= 0.6 is 0 Å².